The standard InChI is InChI=1S/C17H15NO6/c19-12(20)7-9-1-3-10(4-2-9)18-8-17-6-5-11(24-17)13(16(22)23)14(17)15(18)21/h1-6,11,13-14H,7-8H2,(H,19,20)(H,22,23). The Morgan fingerprint density at radius 1 is 1.25 bits per heavy atom. The number of nitrogens with zero attached hydrogens (tertiary/aromatic N) is 1. The van der Waals surface area contributed by atoms with Gasteiger partial charge in [-0.15, -0.1) is 0 Å². The van der Waals surface area contributed by atoms with Crippen LogP contribution < -0.4 is 4.90 Å². The summed E-state index contributed by atoms with van der Waals surface area (Å²) >= 11 is 0. The molecule has 1 spiro atoms. The summed E-state index contributed by atoms with van der Waals surface area (Å²) in [7, 11) is 0. The van der Waals surface area contributed by atoms with E-state index in [0.717, 1.165) is 0 Å². The van der Waals surface area contributed by atoms with Gasteiger partial charge in [0.05, 0.1) is 25.0 Å². The monoisotopic (exact) mass is 329 g/mol. The maximum atomic E-state index is 12.8. The topological polar surface area (TPSA) is 104 Å². The number of carbonyl (C=O) groups is 3. The zero-order chi connectivity index (χ0) is 17.1. The largest absolute Gasteiger partial charge is 0.481 e. The molecule has 2 saturated heterocycles. The van der Waals surface area contributed by atoms with E-state index in [0.29, 0.717) is 11.3 Å². The Morgan fingerprint density at radius 3 is 2.58 bits per heavy atom. The van der Waals surface area contributed by atoms with Crippen LogP contribution in [0, 0.1) is 11.8 Å². The van der Waals surface area contributed by atoms with Gasteiger partial charge in [-0.1, -0.05) is 24.3 Å². The fourth-order valence-electron chi connectivity index (χ4n) is 3.97. The predicted octanol–water partition coefficient (Wildman–Crippen LogP) is 0.685. The first-order chi connectivity index (χ1) is 11.4. The lowest BCUT2D eigenvalue weighted by molar-refractivity contribution is -0.146. The number of carboxylic acid groups (broad SMARTS) is 2. The van der Waals surface area contributed by atoms with Crippen LogP contribution in [0.15, 0.2) is 36.4 Å². The molecule has 124 valence electrons. The summed E-state index contributed by atoms with van der Waals surface area (Å²) in [6.07, 6.45) is 2.90. The summed E-state index contributed by atoms with van der Waals surface area (Å²) in [6.45, 7) is 0.269. The molecule has 1 aromatic carbocycles. The number of hydrogen-bond acceptors (Lipinski definition) is 4. The minimum absolute atomic E-state index is 0.0879. The molecule has 3 heterocycles. The van der Waals surface area contributed by atoms with Crippen molar-refractivity contribution in [3.8, 4) is 0 Å². The summed E-state index contributed by atoms with van der Waals surface area (Å²) in [5, 5.41) is 18.2. The fraction of sp³-hybridized carbons (Fsp3) is 0.353. The molecule has 3 aliphatic rings. The lowest BCUT2D eigenvalue weighted by Gasteiger charge is -2.21. The summed E-state index contributed by atoms with van der Waals surface area (Å²) in [5.74, 6) is -3.79. The fourth-order valence-corrected chi connectivity index (χ4v) is 3.97. The third-order valence-corrected chi connectivity index (χ3v) is 4.99. The lowest BCUT2D eigenvalue weighted by atomic mass is 9.77. The molecule has 7 heteroatoms. The van der Waals surface area contributed by atoms with Crippen LogP contribution in [-0.4, -0.2) is 46.3 Å². The first kappa shape index (κ1) is 14.9. The number of benzene rings is 1. The normalized spacial score (nSPS) is 33.1. The second kappa shape index (κ2) is 4.91. The van der Waals surface area contributed by atoms with E-state index < -0.39 is 35.5 Å². The number of carboxylic acids is 2. The quantitative estimate of drug-likeness (QED) is 0.788. The highest BCUT2D eigenvalue weighted by atomic mass is 16.5. The van der Waals surface area contributed by atoms with Crippen LogP contribution >= 0.6 is 0 Å². The summed E-state index contributed by atoms with van der Waals surface area (Å²) < 4.78 is 5.82. The van der Waals surface area contributed by atoms with Crippen molar-refractivity contribution in [2.45, 2.75) is 18.1 Å². The Morgan fingerprint density at radius 2 is 1.96 bits per heavy atom. The van der Waals surface area contributed by atoms with E-state index in [4.69, 9.17) is 9.84 Å². The van der Waals surface area contributed by atoms with Crippen LogP contribution in [0.3, 0.4) is 0 Å². The van der Waals surface area contributed by atoms with Crippen molar-refractivity contribution in [3.05, 3.63) is 42.0 Å². The Bertz CT molecular complexity index is 770. The number of rotatable bonds is 4. The van der Waals surface area contributed by atoms with Crippen molar-refractivity contribution in [2.75, 3.05) is 11.4 Å². The summed E-state index contributed by atoms with van der Waals surface area (Å²) in [5.41, 5.74) is 0.379. The van der Waals surface area contributed by atoms with Crippen LogP contribution in [-0.2, 0) is 25.5 Å². The van der Waals surface area contributed by atoms with E-state index >= 15 is 0 Å². The third kappa shape index (κ3) is 1.98. The minimum Gasteiger partial charge on any atom is -0.481 e. The van der Waals surface area contributed by atoms with E-state index in [1.165, 1.54) is 4.90 Å². The lowest BCUT2D eigenvalue weighted by Crippen LogP contribution is -2.39. The van der Waals surface area contributed by atoms with Crippen molar-refractivity contribution < 1.29 is 29.3 Å². The Balaban J connectivity index is 1.63. The molecule has 4 rings (SSSR count). The van der Waals surface area contributed by atoms with Gasteiger partial charge in [-0.2, -0.15) is 0 Å². The van der Waals surface area contributed by atoms with Gasteiger partial charge >= 0.3 is 11.9 Å². The number of amides is 1. The van der Waals surface area contributed by atoms with Crippen molar-refractivity contribution in [2.24, 2.45) is 11.8 Å². The maximum Gasteiger partial charge on any atom is 0.310 e. The molecule has 0 radical (unpaired) electrons. The van der Waals surface area contributed by atoms with Gasteiger partial charge in [-0.25, -0.2) is 0 Å². The van der Waals surface area contributed by atoms with Gasteiger partial charge in [0.1, 0.15) is 11.5 Å². The smallest absolute Gasteiger partial charge is 0.310 e. The molecule has 0 aliphatic carbocycles. The SMILES string of the molecule is O=C(O)Cc1ccc(N2CC34C=CC(O3)C(C(=O)O)C4C2=O)cc1. The molecule has 24 heavy (non-hydrogen) atoms. The van der Waals surface area contributed by atoms with Crippen molar-refractivity contribution in [1.29, 1.82) is 0 Å². The van der Waals surface area contributed by atoms with Gasteiger partial charge in [0.25, 0.3) is 0 Å². The highest BCUT2D eigenvalue weighted by Gasteiger charge is 2.67. The number of hydrogen-bond donors (Lipinski definition) is 2. The molecule has 0 saturated carbocycles. The molecule has 0 aromatic heterocycles. The van der Waals surface area contributed by atoms with Gasteiger partial charge < -0.3 is 19.8 Å². The molecule has 4 unspecified atom stereocenters. The predicted molar refractivity (Wildman–Crippen MR) is 81.5 cm³/mol. The van der Waals surface area contributed by atoms with Gasteiger partial charge in [-0.3, -0.25) is 14.4 Å². The highest BCUT2D eigenvalue weighted by Crippen LogP contribution is 2.52. The molecule has 1 amide bonds. The van der Waals surface area contributed by atoms with Crippen LogP contribution in [0.1, 0.15) is 5.56 Å². The average molecular weight is 329 g/mol. The van der Waals surface area contributed by atoms with Crippen molar-refractivity contribution in [3.63, 3.8) is 0 Å². The van der Waals surface area contributed by atoms with Gasteiger partial charge in [-0.05, 0) is 17.7 Å². The molecule has 2 bridgehead atoms. The second-order valence-corrected chi connectivity index (χ2v) is 6.40. The van der Waals surface area contributed by atoms with Gasteiger partial charge in [0.15, 0.2) is 0 Å². The van der Waals surface area contributed by atoms with E-state index in [1.54, 1.807) is 36.4 Å². The van der Waals surface area contributed by atoms with Crippen LogP contribution in [0.5, 0.6) is 0 Å². The van der Waals surface area contributed by atoms with Gasteiger partial charge in [0.2, 0.25) is 5.91 Å². The number of anilines is 1. The van der Waals surface area contributed by atoms with E-state index in [1.807, 2.05) is 0 Å². The van der Waals surface area contributed by atoms with E-state index in [-0.39, 0.29) is 18.9 Å². The zero-order valence-electron chi connectivity index (χ0n) is 12.6. The number of ether oxygens (including phenoxy) is 1. The molecular formula is C17H15NO6. The molecule has 2 fully saturated rings. The van der Waals surface area contributed by atoms with Crippen molar-refractivity contribution in [1.82, 2.24) is 0 Å². The van der Waals surface area contributed by atoms with Crippen LogP contribution in [0.2, 0.25) is 0 Å². The first-order valence-corrected chi connectivity index (χ1v) is 7.63. The third-order valence-electron chi connectivity index (χ3n) is 4.99. The molecule has 7 nitrogen and oxygen atoms in total. The number of aliphatic carboxylic acids is 2. The Hall–Kier alpha value is -2.67. The van der Waals surface area contributed by atoms with E-state index in [9.17, 15) is 19.5 Å². The Labute approximate surface area is 137 Å². The zero-order valence-corrected chi connectivity index (χ0v) is 12.6. The van der Waals surface area contributed by atoms with Crippen LogP contribution in [0.4, 0.5) is 5.69 Å². The second-order valence-electron chi connectivity index (χ2n) is 6.40. The van der Waals surface area contributed by atoms with E-state index in [2.05, 4.69) is 0 Å². The molecule has 3 aliphatic heterocycles. The van der Waals surface area contributed by atoms with Crippen LogP contribution in [0.25, 0.3) is 0 Å². The molecule has 2 N–H and O–H groups in total. The Kier molecular flexibility index (Phi) is 3.05. The molecule has 4 atom stereocenters. The van der Waals surface area contributed by atoms with Gasteiger partial charge in [0, 0.05) is 5.69 Å². The highest BCUT2D eigenvalue weighted by molar-refractivity contribution is 6.02. The first-order valence-electron chi connectivity index (χ1n) is 7.63. The summed E-state index contributed by atoms with van der Waals surface area (Å²) in [6, 6.07) is 6.68. The minimum atomic E-state index is -1.02. The molecular weight excluding hydrogens is 314 g/mol. The number of fused-ring (bicyclic) bond motifs is 1. The summed E-state index contributed by atoms with van der Waals surface area (Å²) in [4.78, 5) is 36.6. The number of carbonyl (C=O) groups excluding carboxylic acids is 1. The van der Waals surface area contributed by atoms with Crippen molar-refractivity contribution >= 4 is 23.5 Å². The molecule has 1 aromatic rings. The maximum absolute atomic E-state index is 12.8. The average Bonchev–Trinajstić information content (AvgIpc) is 3.16.